The Labute approximate surface area is 131 Å². The number of benzene rings is 2. The minimum atomic E-state index is -1.37. The van der Waals surface area contributed by atoms with Crippen LogP contribution in [0, 0.1) is 17.1 Å². The monoisotopic (exact) mass is 345 g/mol. The van der Waals surface area contributed by atoms with Gasteiger partial charge in [0, 0.05) is 10.9 Å². The highest BCUT2D eigenvalue weighted by molar-refractivity contribution is 9.10. The molecule has 2 nitrogen and oxygen atoms in total. The Kier molecular flexibility index (Phi) is 4.54. The highest BCUT2D eigenvalue weighted by Crippen LogP contribution is 2.31. The summed E-state index contributed by atoms with van der Waals surface area (Å²) >= 11 is 3.28. The average molecular weight is 346 g/mol. The first-order valence-corrected chi connectivity index (χ1v) is 7.20. The van der Waals surface area contributed by atoms with Crippen LogP contribution >= 0.6 is 15.9 Å². The van der Waals surface area contributed by atoms with Crippen LogP contribution in [-0.2, 0) is 16.6 Å². The SMILES string of the molecule is CC(=O)C(C#N)(Cc1cc(Br)ccc1F)c1ccccc1. The molecule has 0 saturated heterocycles. The molecule has 21 heavy (non-hydrogen) atoms. The van der Waals surface area contributed by atoms with Crippen molar-refractivity contribution in [3.05, 3.63) is 69.9 Å². The Balaban J connectivity index is 2.55. The molecular weight excluding hydrogens is 333 g/mol. The van der Waals surface area contributed by atoms with E-state index in [0.717, 1.165) is 0 Å². The quantitative estimate of drug-likeness (QED) is 0.833. The van der Waals surface area contributed by atoms with Crippen molar-refractivity contribution in [3.8, 4) is 6.07 Å². The lowest BCUT2D eigenvalue weighted by molar-refractivity contribution is -0.120. The third-order valence-corrected chi connectivity index (χ3v) is 4.02. The van der Waals surface area contributed by atoms with Crippen LogP contribution in [0.25, 0.3) is 0 Å². The predicted molar refractivity (Wildman–Crippen MR) is 82.2 cm³/mol. The molecule has 4 heteroatoms. The zero-order chi connectivity index (χ0) is 15.5. The molecule has 2 rings (SSSR count). The third-order valence-electron chi connectivity index (χ3n) is 3.52. The Morgan fingerprint density at radius 2 is 1.95 bits per heavy atom. The highest BCUT2D eigenvalue weighted by atomic mass is 79.9. The summed E-state index contributed by atoms with van der Waals surface area (Å²) < 4.78 is 14.7. The van der Waals surface area contributed by atoms with Crippen LogP contribution in [0.4, 0.5) is 4.39 Å². The van der Waals surface area contributed by atoms with Crippen molar-refractivity contribution in [1.29, 1.82) is 5.26 Å². The van der Waals surface area contributed by atoms with E-state index >= 15 is 0 Å². The summed E-state index contributed by atoms with van der Waals surface area (Å²) in [5, 5.41) is 9.62. The van der Waals surface area contributed by atoms with Crippen LogP contribution in [-0.4, -0.2) is 5.78 Å². The molecule has 2 aromatic rings. The predicted octanol–water partition coefficient (Wildman–Crippen LogP) is 4.18. The molecule has 0 bridgehead atoms. The first-order chi connectivity index (χ1) is 9.99. The maximum Gasteiger partial charge on any atom is 0.154 e. The van der Waals surface area contributed by atoms with E-state index in [0.29, 0.717) is 15.6 Å². The van der Waals surface area contributed by atoms with Gasteiger partial charge in [-0.15, -0.1) is 0 Å². The topological polar surface area (TPSA) is 40.9 Å². The van der Waals surface area contributed by atoms with Crippen molar-refractivity contribution in [2.45, 2.75) is 18.8 Å². The molecule has 2 aromatic carbocycles. The minimum Gasteiger partial charge on any atom is -0.298 e. The molecule has 0 aliphatic heterocycles. The number of ketones is 1. The summed E-state index contributed by atoms with van der Waals surface area (Å²) in [6, 6.07) is 15.4. The fraction of sp³-hybridized carbons (Fsp3) is 0.176. The maximum absolute atomic E-state index is 14.0. The highest BCUT2D eigenvalue weighted by Gasteiger charge is 2.38. The molecule has 0 amide bonds. The van der Waals surface area contributed by atoms with E-state index in [2.05, 4.69) is 22.0 Å². The summed E-state index contributed by atoms with van der Waals surface area (Å²) in [7, 11) is 0. The van der Waals surface area contributed by atoms with Crippen molar-refractivity contribution in [2.24, 2.45) is 0 Å². The lowest BCUT2D eigenvalue weighted by Crippen LogP contribution is -2.35. The standard InChI is InChI=1S/C17H13BrFNO/c1-12(21)17(11-20,14-5-3-2-4-6-14)10-13-9-15(18)7-8-16(13)19/h2-9H,10H2,1H3. The van der Waals surface area contributed by atoms with Crippen molar-refractivity contribution in [2.75, 3.05) is 0 Å². The molecular formula is C17H13BrFNO. The van der Waals surface area contributed by atoms with Crippen LogP contribution in [0.1, 0.15) is 18.1 Å². The summed E-state index contributed by atoms with van der Waals surface area (Å²) in [4.78, 5) is 12.1. The number of rotatable bonds is 4. The van der Waals surface area contributed by atoms with Crippen LogP contribution in [0.2, 0.25) is 0 Å². The fourth-order valence-corrected chi connectivity index (χ4v) is 2.71. The molecule has 0 saturated carbocycles. The smallest absolute Gasteiger partial charge is 0.154 e. The van der Waals surface area contributed by atoms with Gasteiger partial charge in [-0.25, -0.2) is 4.39 Å². The normalized spacial score (nSPS) is 13.2. The summed E-state index contributed by atoms with van der Waals surface area (Å²) in [6.07, 6.45) is 0.00806. The molecule has 0 N–H and O–H groups in total. The first kappa shape index (κ1) is 15.4. The largest absolute Gasteiger partial charge is 0.298 e. The third kappa shape index (κ3) is 3.03. The number of Topliss-reactive ketones (excluding diaryl/α,β-unsaturated/α-hetero) is 1. The molecule has 0 radical (unpaired) electrons. The van der Waals surface area contributed by atoms with Gasteiger partial charge < -0.3 is 0 Å². The van der Waals surface area contributed by atoms with Gasteiger partial charge in [0.2, 0.25) is 0 Å². The Hall–Kier alpha value is -1.99. The molecule has 1 unspecified atom stereocenters. The second-order valence-electron chi connectivity index (χ2n) is 4.85. The lowest BCUT2D eigenvalue weighted by atomic mass is 9.74. The van der Waals surface area contributed by atoms with Gasteiger partial charge >= 0.3 is 0 Å². The minimum absolute atomic E-state index is 0.00806. The lowest BCUT2D eigenvalue weighted by Gasteiger charge is -2.24. The molecule has 0 aliphatic carbocycles. The van der Waals surface area contributed by atoms with Gasteiger partial charge in [0.15, 0.2) is 5.78 Å². The van der Waals surface area contributed by atoms with Crippen LogP contribution in [0.15, 0.2) is 53.0 Å². The van der Waals surface area contributed by atoms with E-state index in [1.54, 1.807) is 36.4 Å². The number of carbonyl (C=O) groups excluding carboxylic acids is 1. The first-order valence-electron chi connectivity index (χ1n) is 6.41. The number of hydrogen-bond donors (Lipinski definition) is 0. The van der Waals surface area contributed by atoms with Gasteiger partial charge in [0.1, 0.15) is 11.2 Å². The van der Waals surface area contributed by atoms with Crippen molar-refractivity contribution in [3.63, 3.8) is 0 Å². The number of carbonyl (C=O) groups is 1. The van der Waals surface area contributed by atoms with Gasteiger partial charge in [0.25, 0.3) is 0 Å². The number of hydrogen-bond acceptors (Lipinski definition) is 2. The van der Waals surface area contributed by atoms with Crippen molar-refractivity contribution in [1.82, 2.24) is 0 Å². The van der Waals surface area contributed by atoms with Gasteiger partial charge in [-0.2, -0.15) is 5.26 Å². The Morgan fingerprint density at radius 3 is 2.52 bits per heavy atom. The maximum atomic E-state index is 14.0. The van der Waals surface area contributed by atoms with E-state index in [-0.39, 0.29) is 12.2 Å². The van der Waals surface area contributed by atoms with Crippen LogP contribution in [0.5, 0.6) is 0 Å². The molecule has 0 aliphatic rings. The molecule has 0 spiro atoms. The Morgan fingerprint density at radius 1 is 1.29 bits per heavy atom. The number of nitriles is 1. The molecule has 106 valence electrons. The fourth-order valence-electron chi connectivity index (χ4n) is 2.30. The second-order valence-corrected chi connectivity index (χ2v) is 5.77. The molecule has 0 heterocycles. The summed E-state index contributed by atoms with van der Waals surface area (Å²) in [6.45, 7) is 1.37. The van der Waals surface area contributed by atoms with Crippen LogP contribution in [0.3, 0.4) is 0 Å². The zero-order valence-corrected chi connectivity index (χ0v) is 13.0. The van der Waals surface area contributed by atoms with Gasteiger partial charge in [-0.1, -0.05) is 46.3 Å². The molecule has 0 fully saturated rings. The van der Waals surface area contributed by atoms with Crippen molar-refractivity contribution < 1.29 is 9.18 Å². The van der Waals surface area contributed by atoms with E-state index in [4.69, 9.17) is 0 Å². The number of nitrogens with zero attached hydrogens (tertiary/aromatic N) is 1. The van der Waals surface area contributed by atoms with E-state index in [1.165, 1.54) is 13.0 Å². The van der Waals surface area contributed by atoms with Gasteiger partial charge in [-0.3, -0.25) is 4.79 Å². The van der Waals surface area contributed by atoms with Crippen molar-refractivity contribution >= 4 is 21.7 Å². The van der Waals surface area contributed by atoms with Gasteiger partial charge in [0.05, 0.1) is 6.07 Å². The second kappa shape index (κ2) is 6.19. The Bertz CT molecular complexity index is 708. The van der Waals surface area contributed by atoms with Crippen LogP contribution < -0.4 is 0 Å². The van der Waals surface area contributed by atoms with E-state index < -0.39 is 11.2 Å². The molecule has 1 atom stereocenters. The van der Waals surface area contributed by atoms with E-state index in [1.807, 2.05) is 6.07 Å². The average Bonchev–Trinajstić information content (AvgIpc) is 2.49. The zero-order valence-electron chi connectivity index (χ0n) is 11.4. The number of halogens is 2. The summed E-state index contributed by atoms with van der Waals surface area (Å²) in [5.41, 5.74) is -0.451. The van der Waals surface area contributed by atoms with Gasteiger partial charge in [-0.05, 0) is 36.2 Å². The molecule has 0 aromatic heterocycles. The summed E-state index contributed by atoms with van der Waals surface area (Å²) in [5.74, 6) is -0.717. The van der Waals surface area contributed by atoms with E-state index in [9.17, 15) is 14.4 Å².